The van der Waals surface area contributed by atoms with Crippen LogP contribution in [0.4, 0.5) is 4.79 Å². The highest BCUT2D eigenvalue weighted by molar-refractivity contribution is 5.95. The average Bonchev–Trinajstić information content (AvgIpc) is 2.20. The molecule has 0 bridgehead atoms. The van der Waals surface area contributed by atoms with Gasteiger partial charge in [-0.25, -0.2) is 4.79 Å². The van der Waals surface area contributed by atoms with E-state index in [-0.39, 0.29) is 18.4 Å². The topological polar surface area (TPSA) is 95.5 Å². The van der Waals surface area contributed by atoms with E-state index in [0.29, 0.717) is 0 Å². The molecule has 0 atom stereocenters. The molecule has 1 aliphatic rings. The van der Waals surface area contributed by atoms with E-state index in [1.807, 2.05) is 6.92 Å². The molecule has 0 saturated heterocycles. The van der Waals surface area contributed by atoms with Gasteiger partial charge in [-0.15, -0.1) is 0 Å². The first-order valence-electron chi connectivity index (χ1n) is 5.81. The Morgan fingerprint density at radius 1 is 1.24 bits per heavy atom. The van der Waals surface area contributed by atoms with Crippen molar-refractivity contribution in [2.75, 3.05) is 0 Å². The minimum absolute atomic E-state index is 0.169. The van der Waals surface area contributed by atoms with Gasteiger partial charge >= 0.3 is 12.0 Å². The van der Waals surface area contributed by atoms with Crippen molar-refractivity contribution in [1.29, 1.82) is 0 Å². The molecule has 0 radical (unpaired) electrons. The molecule has 1 fully saturated rings. The third-order valence-corrected chi connectivity index (χ3v) is 3.19. The summed E-state index contributed by atoms with van der Waals surface area (Å²) in [5, 5.41) is 13.3. The number of hydrogen-bond donors (Lipinski definition) is 3. The van der Waals surface area contributed by atoms with Gasteiger partial charge in [-0.3, -0.25) is 14.9 Å². The smallest absolute Gasteiger partial charge is 0.321 e. The first-order chi connectivity index (χ1) is 7.97. The van der Waals surface area contributed by atoms with Crippen LogP contribution < -0.4 is 10.6 Å². The van der Waals surface area contributed by atoms with Crippen LogP contribution in [0.5, 0.6) is 0 Å². The number of urea groups is 1. The molecular weight excluding hydrogens is 224 g/mol. The lowest BCUT2D eigenvalue weighted by Gasteiger charge is -2.41. The Balaban J connectivity index is 2.29. The van der Waals surface area contributed by atoms with Crippen molar-refractivity contribution in [2.24, 2.45) is 0 Å². The number of carbonyl (C=O) groups is 3. The van der Waals surface area contributed by atoms with Crippen molar-refractivity contribution in [3.8, 4) is 0 Å². The summed E-state index contributed by atoms with van der Waals surface area (Å²) in [7, 11) is 0. The largest absolute Gasteiger partial charge is 0.481 e. The van der Waals surface area contributed by atoms with Crippen LogP contribution in [-0.2, 0) is 9.59 Å². The highest BCUT2D eigenvalue weighted by Gasteiger charge is 2.36. The van der Waals surface area contributed by atoms with E-state index in [1.54, 1.807) is 0 Å². The van der Waals surface area contributed by atoms with E-state index in [1.165, 1.54) is 0 Å². The summed E-state index contributed by atoms with van der Waals surface area (Å²) in [6, 6.07) is -0.526. The molecule has 0 aromatic rings. The van der Waals surface area contributed by atoms with Crippen molar-refractivity contribution in [1.82, 2.24) is 10.6 Å². The number of aliphatic carboxylic acids is 1. The van der Waals surface area contributed by atoms with Crippen LogP contribution in [0.2, 0.25) is 0 Å². The fourth-order valence-corrected chi connectivity index (χ4v) is 1.85. The molecule has 1 saturated carbocycles. The third kappa shape index (κ3) is 4.05. The van der Waals surface area contributed by atoms with Crippen LogP contribution in [0.15, 0.2) is 0 Å². The lowest BCUT2D eigenvalue weighted by molar-refractivity contribution is -0.138. The van der Waals surface area contributed by atoms with Gasteiger partial charge in [-0.05, 0) is 25.7 Å². The quantitative estimate of drug-likeness (QED) is 0.670. The molecule has 1 aliphatic carbocycles. The average molecular weight is 242 g/mol. The zero-order valence-corrected chi connectivity index (χ0v) is 9.91. The van der Waals surface area contributed by atoms with Gasteiger partial charge < -0.3 is 10.4 Å². The van der Waals surface area contributed by atoms with E-state index in [4.69, 9.17) is 5.11 Å². The molecule has 96 valence electrons. The van der Waals surface area contributed by atoms with Gasteiger partial charge in [0.1, 0.15) is 0 Å². The fraction of sp³-hybridized carbons (Fsp3) is 0.727. The minimum Gasteiger partial charge on any atom is -0.481 e. The molecule has 17 heavy (non-hydrogen) atoms. The van der Waals surface area contributed by atoms with Crippen LogP contribution in [0.25, 0.3) is 0 Å². The maximum absolute atomic E-state index is 11.5. The fourth-order valence-electron chi connectivity index (χ4n) is 1.85. The van der Waals surface area contributed by atoms with Gasteiger partial charge in [-0.1, -0.05) is 6.92 Å². The number of rotatable bonds is 5. The molecule has 0 aromatic heterocycles. The van der Waals surface area contributed by atoms with Gasteiger partial charge in [0.2, 0.25) is 5.91 Å². The number of imide groups is 1. The van der Waals surface area contributed by atoms with Crippen LogP contribution >= 0.6 is 0 Å². The van der Waals surface area contributed by atoms with E-state index in [0.717, 1.165) is 25.7 Å². The van der Waals surface area contributed by atoms with E-state index < -0.39 is 17.9 Å². The first-order valence-corrected chi connectivity index (χ1v) is 5.81. The third-order valence-electron chi connectivity index (χ3n) is 3.19. The van der Waals surface area contributed by atoms with E-state index in [9.17, 15) is 14.4 Å². The molecule has 0 spiro atoms. The Kier molecular flexibility index (Phi) is 4.48. The molecule has 0 aliphatic heterocycles. The summed E-state index contributed by atoms with van der Waals surface area (Å²) >= 11 is 0. The molecule has 6 nitrogen and oxygen atoms in total. The lowest BCUT2D eigenvalue weighted by atomic mass is 9.75. The van der Waals surface area contributed by atoms with Crippen molar-refractivity contribution in [3.63, 3.8) is 0 Å². The summed E-state index contributed by atoms with van der Waals surface area (Å²) < 4.78 is 0. The first kappa shape index (κ1) is 13.5. The second-order valence-electron chi connectivity index (χ2n) is 4.38. The highest BCUT2D eigenvalue weighted by atomic mass is 16.4. The Bertz CT molecular complexity index is 318. The summed E-state index contributed by atoms with van der Waals surface area (Å²) in [6.07, 6.45) is 3.34. The van der Waals surface area contributed by atoms with E-state index in [2.05, 4.69) is 10.6 Å². The molecule has 0 unspecified atom stereocenters. The predicted octanol–water partition coefficient (Wildman–Crippen LogP) is 1.01. The number of amides is 3. The monoisotopic (exact) mass is 242 g/mol. The van der Waals surface area contributed by atoms with Crippen molar-refractivity contribution < 1.29 is 19.5 Å². The van der Waals surface area contributed by atoms with E-state index >= 15 is 0 Å². The zero-order valence-electron chi connectivity index (χ0n) is 9.91. The van der Waals surface area contributed by atoms with Gasteiger partial charge in [0, 0.05) is 12.0 Å². The number of hydrogen-bond acceptors (Lipinski definition) is 3. The second kappa shape index (κ2) is 5.65. The highest BCUT2D eigenvalue weighted by Crippen LogP contribution is 2.34. The van der Waals surface area contributed by atoms with Gasteiger partial charge in [0.25, 0.3) is 0 Å². The van der Waals surface area contributed by atoms with Crippen LogP contribution in [-0.4, -0.2) is 28.6 Å². The van der Waals surface area contributed by atoms with Crippen molar-refractivity contribution >= 4 is 17.9 Å². The second-order valence-corrected chi connectivity index (χ2v) is 4.38. The number of carboxylic acid groups (broad SMARTS) is 1. The van der Waals surface area contributed by atoms with Crippen molar-refractivity contribution in [3.05, 3.63) is 0 Å². The predicted molar refractivity (Wildman–Crippen MR) is 60.4 cm³/mol. The zero-order chi connectivity index (χ0) is 12.9. The summed E-state index contributed by atoms with van der Waals surface area (Å²) in [6.45, 7) is 1.99. The standard InChI is InChI=1S/C11H18N2O4/c1-2-11(6-3-7-11)13-10(17)12-8(14)4-5-9(15)16/h2-7H2,1H3,(H,15,16)(H2,12,13,14,17). The summed E-state index contributed by atoms with van der Waals surface area (Å²) in [5.41, 5.74) is -0.169. The minimum atomic E-state index is -1.05. The number of carbonyl (C=O) groups excluding carboxylic acids is 2. The van der Waals surface area contributed by atoms with Gasteiger partial charge in [-0.2, -0.15) is 0 Å². The maximum atomic E-state index is 11.5. The number of carboxylic acids is 1. The Morgan fingerprint density at radius 3 is 2.29 bits per heavy atom. The van der Waals surface area contributed by atoms with Crippen LogP contribution in [0.1, 0.15) is 45.4 Å². The Morgan fingerprint density at radius 2 is 1.88 bits per heavy atom. The molecule has 0 aromatic carbocycles. The molecule has 3 amide bonds. The Hall–Kier alpha value is -1.59. The Labute approximate surface area is 99.8 Å². The van der Waals surface area contributed by atoms with Gasteiger partial charge in [0.15, 0.2) is 0 Å². The molecular formula is C11H18N2O4. The molecule has 1 rings (SSSR count). The van der Waals surface area contributed by atoms with Crippen LogP contribution in [0, 0.1) is 0 Å². The summed E-state index contributed by atoms with van der Waals surface area (Å²) in [4.78, 5) is 32.9. The summed E-state index contributed by atoms with van der Waals surface area (Å²) in [5.74, 6) is -1.61. The molecule has 0 heterocycles. The molecule has 3 N–H and O–H groups in total. The lowest BCUT2D eigenvalue weighted by Crippen LogP contribution is -2.56. The SMILES string of the molecule is CCC1(NC(=O)NC(=O)CCC(=O)O)CCC1. The molecule has 6 heteroatoms. The van der Waals surface area contributed by atoms with Gasteiger partial charge in [0.05, 0.1) is 6.42 Å². The normalized spacial score (nSPS) is 16.8. The van der Waals surface area contributed by atoms with Crippen LogP contribution in [0.3, 0.4) is 0 Å². The number of nitrogens with one attached hydrogen (secondary N) is 2. The van der Waals surface area contributed by atoms with Crippen molar-refractivity contribution in [2.45, 2.75) is 51.0 Å². The maximum Gasteiger partial charge on any atom is 0.321 e.